The van der Waals surface area contributed by atoms with E-state index >= 15 is 0 Å². The normalized spacial score (nSPS) is 16.3. The third kappa shape index (κ3) is 6.83. The predicted octanol–water partition coefficient (Wildman–Crippen LogP) is 2.25. The Kier molecular flexibility index (Phi) is 8.71. The molecule has 1 amide bonds. The lowest BCUT2D eigenvalue weighted by Crippen LogP contribution is -2.50. The van der Waals surface area contributed by atoms with Crippen molar-refractivity contribution in [2.45, 2.75) is 38.8 Å². The summed E-state index contributed by atoms with van der Waals surface area (Å²) in [5.74, 6) is 2.27. The van der Waals surface area contributed by atoms with E-state index in [0.717, 1.165) is 30.3 Å². The van der Waals surface area contributed by atoms with Gasteiger partial charge in [0.1, 0.15) is 17.6 Å². The summed E-state index contributed by atoms with van der Waals surface area (Å²) in [5.41, 5.74) is 0. The van der Waals surface area contributed by atoms with Crippen molar-refractivity contribution in [1.29, 1.82) is 0 Å². The Morgan fingerprint density at radius 2 is 2.04 bits per heavy atom. The first-order valence-electron chi connectivity index (χ1n) is 9.75. The molecule has 8 nitrogen and oxygen atoms in total. The SMILES string of the molecule is CCOC(=O)N1CCC(NC(=NC)NCC(C)Oc2cccc(OC)c2)CC1. The van der Waals surface area contributed by atoms with Gasteiger partial charge in [-0.15, -0.1) is 0 Å². The number of benzene rings is 1. The molecule has 156 valence electrons. The number of rotatable bonds is 7. The van der Waals surface area contributed by atoms with E-state index < -0.39 is 0 Å². The number of guanidine groups is 1. The van der Waals surface area contributed by atoms with Crippen molar-refractivity contribution in [3.63, 3.8) is 0 Å². The van der Waals surface area contributed by atoms with Crippen LogP contribution < -0.4 is 20.1 Å². The Morgan fingerprint density at radius 3 is 2.68 bits per heavy atom. The molecule has 0 spiro atoms. The molecule has 1 aromatic carbocycles. The fraction of sp³-hybridized carbons (Fsp3) is 0.600. The van der Waals surface area contributed by atoms with Crippen molar-refractivity contribution in [3.05, 3.63) is 24.3 Å². The fourth-order valence-electron chi connectivity index (χ4n) is 3.00. The van der Waals surface area contributed by atoms with Crippen molar-refractivity contribution in [2.24, 2.45) is 4.99 Å². The highest BCUT2D eigenvalue weighted by molar-refractivity contribution is 5.80. The van der Waals surface area contributed by atoms with Crippen molar-refractivity contribution in [1.82, 2.24) is 15.5 Å². The Morgan fingerprint density at radius 1 is 1.32 bits per heavy atom. The molecule has 28 heavy (non-hydrogen) atoms. The van der Waals surface area contributed by atoms with Crippen LogP contribution in [0.15, 0.2) is 29.3 Å². The molecule has 8 heteroatoms. The number of nitrogens with one attached hydrogen (secondary N) is 2. The number of ether oxygens (including phenoxy) is 3. The molecule has 0 aromatic heterocycles. The molecule has 1 heterocycles. The van der Waals surface area contributed by atoms with E-state index in [0.29, 0.717) is 26.2 Å². The molecular formula is C20H32N4O4. The lowest BCUT2D eigenvalue weighted by molar-refractivity contribution is 0.0963. The molecule has 0 saturated carbocycles. The average molecular weight is 393 g/mol. The second kappa shape index (κ2) is 11.3. The zero-order valence-electron chi connectivity index (χ0n) is 17.2. The van der Waals surface area contributed by atoms with E-state index in [-0.39, 0.29) is 18.2 Å². The number of methoxy groups -OCH3 is 1. The average Bonchev–Trinajstić information content (AvgIpc) is 2.71. The molecule has 2 N–H and O–H groups in total. The highest BCUT2D eigenvalue weighted by Crippen LogP contribution is 2.19. The fourth-order valence-corrected chi connectivity index (χ4v) is 3.00. The number of carbonyl (C=O) groups is 1. The summed E-state index contributed by atoms with van der Waals surface area (Å²) < 4.78 is 16.2. The quantitative estimate of drug-likeness (QED) is 0.547. The molecule has 1 aromatic rings. The van der Waals surface area contributed by atoms with Crippen LogP contribution in [0.5, 0.6) is 11.5 Å². The van der Waals surface area contributed by atoms with Crippen LogP contribution >= 0.6 is 0 Å². The van der Waals surface area contributed by atoms with Crippen LogP contribution in [0, 0.1) is 0 Å². The molecule has 1 aliphatic heterocycles. The van der Waals surface area contributed by atoms with Gasteiger partial charge >= 0.3 is 6.09 Å². The number of hydrogen-bond acceptors (Lipinski definition) is 5. The number of amides is 1. The molecule has 2 rings (SSSR count). The minimum Gasteiger partial charge on any atom is -0.497 e. The van der Waals surface area contributed by atoms with E-state index in [1.54, 1.807) is 19.1 Å². The number of piperidine rings is 1. The summed E-state index contributed by atoms with van der Waals surface area (Å²) in [6, 6.07) is 7.82. The minimum absolute atomic E-state index is 0.0451. The zero-order chi connectivity index (χ0) is 20.4. The van der Waals surface area contributed by atoms with Crippen LogP contribution in [0.4, 0.5) is 4.79 Å². The number of aliphatic imine (C=N–C) groups is 1. The Bertz CT molecular complexity index is 645. The van der Waals surface area contributed by atoms with E-state index in [2.05, 4.69) is 15.6 Å². The zero-order valence-corrected chi connectivity index (χ0v) is 17.2. The van der Waals surface area contributed by atoms with Crippen molar-refractivity contribution in [3.8, 4) is 11.5 Å². The van der Waals surface area contributed by atoms with Gasteiger partial charge in [0.15, 0.2) is 5.96 Å². The van der Waals surface area contributed by atoms with Gasteiger partial charge in [0.2, 0.25) is 0 Å². The summed E-state index contributed by atoms with van der Waals surface area (Å²) in [7, 11) is 3.38. The number of nitrogens with zero attached hydrogens (tertiary/aromatic N) is 2. The molecule has 0 bridgehead atoms. The second-order valence-corrected chi connectivity index (χ2v) is 6.67. The standard InChI is InChI=1S/C20H32N4O4/c1-5-27-20(25)24-11-9-16(10-12-24)23-19(21-3)22-14-15(2)28-18-8-6-7-17(13-18)26-4/h6-8,13,15-16H,5,9-12,14H2,1-4H3,(H2,21,22,23). The third-order valence-corrected chi connectivity index (χ3v) is 4.52. The highest BCUT2D eigenvalue weighted by Gasteiger charge is 2.24. The van der Waals surface area contributed by atoms with Crippen molar-refractivity contribution >= 4 is 12.1 Å². The third-order valence-electron chi connectivity index (χ3n) is 4.52. The van der Waals surface area contributed by atoms with Gasteiger partial charge < -0.3 is 29.7 Å². The van der Waals surface area contributed by atoms with Gasteiger partial charge in [-0.1, -0.05) is 6.07 Å². The smallest absolute Gasteiger partial charge is 0.409 e. The van der Waals surface area contributed by atoms with E-state index in [1.807, 2.05) is 38.1 Å². The molecule has 0 radical (unpaired) electrons. The summed E-state index contributed by atoms with van der Waals surface area (Å²) in [6.45, 7) is 6.20. The lowest BCUT2D eigenvalue weighted by Gasteiger charge is -2.32. The molecule has 1 aliphatic rings. The van der Waals surface area contributed by atoms with Gasteiger partial charge in [-0.3, -0.25) is 4.99 Å². The molecular weight excluding hydrogens is 360 g/mol. The van der Waals surface area contributed by atoms with Crippen molar-refractivity contribution < 1.29 is 19.0 Å². The monoisotopic (exact) mass is 392 g/mol. The van der Waals surface area contributed by atoms with Crippen LogP contribution in [-0.2, 0) is 4.74 Å². The Labute approximate surface area is 167 Å². The van der Waals surface area contributed by atoms with Gasteiger partial charge in [-0.2, -0.15) is 0 Å². The summed E-state index contributed by atoms with van der Waals surface area (Å²) in [5, 5.41) is 6.72. The summed E-state index contributed by atoms with van der Waals surface area (Å²) >= 11 is 0. The Hall–Kier alpha value is -2.64. The highest BCUT2D eigenvalue weighted by atomic mass is 16.6. The van der Waals surface area contributed by atoms with Crippen molar-refractivity contribution in [2.75, 3.05) is 40.4 Å². The first kappa shape index (κ1) is 21.7. The minimum atomic E-state index is -0.230. The van der Waals surface area contributed by atoms with Crippen LogP contribution in [0.1, 0.15) is 26.7 Å². The van der Waals surface area contributed by atoms with Crippen LogP contribution in [0.2, 0.25) is 0 Å². The van der Waals surface area contributed by atoms with E-state index in [4.69, 9.17) is 14.2 Å². The van der Waals surface area contributed by atoms with Gasteiger partial charge in [-0.25, -0.2) is 4.79 Å². The van der Waals surface area contributed by atoms with E-state index in [9.17, 15) is 4.79 Å². The van der Waals surface area contributed by atoms with Crippen LogP contribution in [0.25, 0.3) is 0 Å². The maximum Gasteiger partial charge on any atom is 0.409 e. The molecule has 1 unspecified atom stereocenters. The predicted molar refractivity (Wildman–Crippen MR) is 109 cm³/mol. The Balaban J connectivity index is 1.73. The lowest BCUT2D eigenvalue weighted by atomic mass is 10.1. The first-order chi connectivity index (χ1) is 13.5. The molecule has 1 fully saturated rings. The second-order valence-electron chi connectivity index (χ2n) is 6.67. The van der Waals surface area contributed by atoms with Crippen LogP contribution in [-0.4, -0.2) is 69.5 Å². The molecule has 0 aliphatic carbocycles. The van der Waals surface area contributed by atoms with Gasteiger partial charge in [0.25, 0.3) is 0 Å². The largest absolute Gasteiger partial charge is 0.497 e. The molecule has 1 saturated heterocycles. The summed E-state index contributed by atoms with van der Waals surface area (Å²) in [6.07, 6.45) is 1.44. The van der Waals surface area contributed by atoms with Gasteiger partial charge in [-0.05, 0) is 38.8 Å². The first-order valence-corrected chi connectivity index (χ1v) is 9.75. The maximum absolute atomic E-state index is 11.8. The van der Waals surface area contributed by atoms with E-state index in [1.165, 1.54) is 0 Å². The topological polar surface area (TPSA) is 84.4 Å². The number of hydrogen-bond donors (Lipinski definition) is 2. The van der Waals surface area contributed by atoms with Gasteiger partial charge in [0, 0.05) is 32.2 Å². The van der Waals surface area contributed by atoms with Crippen LogP contribution in [0.3, 0.4) is 0 Å². The number of carbonyl (C=O) groups excluding carboxylic acids is 1. The molecule has 1 atom stereocenters. The maximum atomic E-state index is 11.8. The summed E-state index contributed by atoms with van der Waals surface area (Å²) in [4.78, 5) is 17.8. The van der Waals surface area contributed by atoms with Gasteiger partial charge in [0.05, 0.1) is 20.3 Å². The number of likely N-dealkylation sites (tertiary alicyclic amines) is 1.